The summed E-state index contributed by atoms with van der Waals surface area (Å²) in [5.41, 5.74) is -0.0558. The predicted octanol–water partition coefficient (Wildman–Crippen LogP) is 2.51. The van der Waals surface area contributed by atoms with Crippen LogP contribution in [0, 0.1) is 6.92 Å². The van der Waals surface area contributed by atoms with Crippen LogP contribution in [-0.4, -0.2) is 22.5 Å². The van der Waals surface area contributed by atoms with E-state index in [1.807, 2.05) is 13.8 Å². The van der Waals surface area contributed by atoms with Gasteiger partial charge < -0.3 is 9.84 Å². The summed E-state index contributed by atoms with van der Waals surface area (Å²) >= 11 is 5.90. The Balaban J connectivity index is 2.76. The van der Waals surface area contributed by atoms with Gasteiger partial charge in [0.15, 0.2) is 5.69 Å². The summed E-state index contributed by atoms with van der Waals surface area (Å²) in [5.74, 6) is 0.776. The van der Waals surface area contributed by atoms with Gasteiger partial charge in [-0.1, -0.05) is 19.0 Å². The van der Waals surface area contributed by atoms with Crippen LogP contribution < -0.4 is 5.32 Å². The highest BCUT2D eigenvalue weighted by atomic mass is 35.5. The van der Waals surface area contributed by atoms with Gasteiger partial charge in [0.2, 0.25) is 0 Å². The number of amides is 1. The number of hydrogen-bond acceptors (Lipinski definition) is 3. The van der Waals surface area contributed by atoms with Crippen molar-refractivity contribution in [1.29, 1.82) is 0 Å². The lowest BCUT2D eigenvalue weighted by Gasteiger charge is -2.30. The van der Waals surface area contributed by atoms with Crippen LogP contribution in [0.2, 0.25) is 0 Å². The summed E-state index contributed by atoms with van der Waals surface area (Å²) in [5, 5.41) is 6.59. The minimum Gasteiger partial charge on any atom is -0.361 e. The molecular weight excluding hydrogens is 228 g/mol. The van der Waals surface area contributed by atoms with E-state index in [9.17, 15) is 4.79 Å². The van der Waals surface area contributed by atoms with Crippen LogP contribution in [0.1, 0.15) is 42.9 Å². The fourth-order valence-electron chi connectivity index (χ4n) is 1.43. The Morgan fingerprint density at radius 3 is 2.56 bits per heavy atom. The molecule has 0 aliphatic heterocycles. The fraction of sp³-hybridized carbons (Fsp3) is 0.636. The molecule has 1 N–H and O–H groups in total. The molecule has 4 nitrogen and oxygen atoms in total. The van der Waals surface area contributed by atoms with E-state index in [-0.39, 0.29) is 11.4 Å². The van der Waals surface area contributed by atoms with Gasteiger partial charge in [-0.3, -0.25) is 4.79 Å². The maximum atomic E-state index is 11.9. The predicted molar refractivity (Wildman–Crippen MR) is 62.7 cm³/mol. The zero-order valence-electron chi connectivity index (χ0n) is 9.84. The number of rotatable bonds is 5. The Morgan fingerprint density at radius 1 is 1.56 bits per heavy atom. The van der Waals surface area contributed by atoms with Gasteiger partial charge in [0, 0.05) is 11.9 Å². The average molecular weight is 245 g/mol. The van der Waals surface area contributed by atoms with Crippen molar-refractivity contribution in [2.45, 2.75) is 39.2 Å². The number of nitrogens with zero attached hydrogens (tertiary/aromatic N) is 1. The van der Waals surface area contributed by atoms with Crippen molar-refractivity contribution in [2.75, 3.05) is 5.88 Å². The molecular formula is C11H17ClN2O2. The van der Waals surface area contributed by atoms with Crippen molar-refractivity contribution < 1.29 is 9.32 Å². The van der Waals surface area contributed by atoms with Gasteiger partial charge in [-0.05, 0) is 19.8 Å². The topological polar surface area (TPSA) is 55.1 Å². The highest BCUT2D eigenvalue weighted by Gasteiger charge is 2.28. The molecule has 0 radical (unpaired) electrons. The molecule has 1 aromatic rings. The van der Waals surface area contributed by atoms with Crippen LogP contribution in [0.3, 0.4) is 0 Å². The van der Waals surface area contributed by atoms with Crippen LogP contribution in [0.25, 0.3) is 0 Å². The third-order valence-corrected chi connectivity index (χ3v) is 3.36. The second kappa shape index (κ2) is 5.34. The van der Waals surface area contributed by atoms with E-state index in [2.05, 4.69) is 10.5 Å². The van der Waals surface area contributed by atoms with Crippen molar-refractivity contribution in [3.8, 4) is 0 Å². The van der Waals surface area contributed by atoms with E-state index >= 15 is 0 Å². The number of alkyl halides is 1. The third kappa shape index (κ3) is 2.76. The number of carbonyl (C=O) groups excluding carboxylic acids is 1. The molecule has 1 heterocycles. The van der Waals surface area contributed by atoms with Crippen molar-refractivity contribution >= 4 is 17.5 Å². The smallest absolute Gasteiger partial charge is 0.273 e. The van der Waals surface area contributed by atoms with Gasteiger partial charge >= 0.3 is 0 Å². The molecule has 0 atom stereocenters. The molecule has 0 fully saturated rings. The lowest BCUT2D eigenvalue weighted by Crippen LogP contribution is -2.49. The second-order valence-electron chi connectivity index (χ2n) is 3.90. The number of hydrogen-bond donors (Lipinski definition) is 1. The van der Waals surface area contributed by atoms with Gasteiger partial charge in [-0.25, -0.2) is 0 Å². The molecule has 0 unspecified atom stereocenters. The Labute approximate surface area is 100 Å². The van der Waals surface area contributed by atoms with E-state index in [4.69, 9.17) is 16.1 Å². The zero-order valence-corrected chi connectivity index (χ0v) is 10.6. The monoisotopic (exact) mass is 244 g/mol. The van der Waals surface area contributed by atoms with Gasteiger partial charge in [0.1, 0.15) is 5.76 Å². The van der Waals surface area contributed by atoms with Crippen molar-refractivity contribution in [3.05, 3.63) is 17.5 Å². The third-order valence-electron chi connectivity index (χ3n) is 2.85. The quantitative estimate of drug-likeness (QED) is 0.810. The van der Waals surface area contributed by atoms with Crippen LogP contribution in [0.5, 0.6) is 0 Å². The summed E-state index contributed by atoms with van der Waals surface area (Å²) in [7, 11) is 0. The van der Waals surface area contributed by atoms with Gasteiger partial charge in [0.25, 0.3) is 5.91 Å². The molecule has 1 rings (SSSR count). The summed E-state index contributed by atoms with van der Waals surface area (Å²) in [4.78, 5) is 11.9. The van der Waals surface area contributed by atoms with Crippen molar-refractivity contribution in [2.24, 2.45) is 0 Å². The summed E-state index contributed by atoms with van der Waals surface area (Å²) in [6.45, 7) is 5.75. The Kier molecular flexibility index (Phi) is 4.35. The largest absolute Gasteiger partial charge is 0.361 e. The van der Waals surface area contributed by atoms with Gasteiger partial charge in [-0.2, -0.15) is 0 Å². The molecule has 0 saturated heterocycles. The minimum atomic E-state index is -0.356. The minimum absolute atomic E-state index is 0.235. The summed E-state index contributed by atoms with van der Waals surface area (Å²) in [6.07, 6.45) is 1.57. The van der Waals surface area contributed by atoms with E-state index in [1.54, 1.807) is 13.0 Å². The second-order valence-corrected chi connectivity index (χ2v) is 4.17. The van der Waals surface area contributed by atoms with Crippen LogP contribution >= 0.6 is 11.6 Å². The lowest BCUT2D eigenvalue weighted by molar-refractivity contribution is 0.0893. The van der Waals surface area contributed by atoms with E-state index in [0.717, 1.165) is 12.8 Å². The van der Waals surface area contributed by atoms with E-state index < -0.39 is 0 Å². The van der Waals surface area contributed by atoms with E-state index in [0.29, 0.717) is 17.3 Å². The van der Waals surface area contributed by atoms with Crippen molar-refractivity contribution in [1.82, 2.24) is 10.5 Å². The highest BCUT2D eigenvalue weighted by molar-refractivity contribution is 6.18. The molecule has 0 spiro atoms. The standard InChI is InChI=1S/C11H17ClN2O2/c1-4-11(5-2,7-12)13-10(15)9-6-8(3)16-14-9/h6H,4-5,7H2,1-3H3,(H,13,15). The first-order valence-corrected chi connectivity index (χ1v) is 5.92. The first-order chi connectivity index (χ1) is 7.56. The number of carbonyl (C=O) groups is 1. The molecule has 0 aliphatic carbocycles. The number of nitrogens with one attached hydrogen (secondary N) is 1. The average Bonchev–Trinajstić information content (AvgIpc) is 2.73. The summed E-state index contributed by atoms with van der Waals surface area (Å²) in [6, 6.07) is 1.61. The molecule has 5 heteroatoms. The number of halogens is 1. The first-order valence-electron chi connectivity index (χ1n) is 5.38. The molecule has 90 valence electrons. The molecule has 1 aromatic heterocycles. The molecule has 0 bridgehead atoms. The van der Waals surface area contributed by atoms with Crippen LogP contribution in [0.4, 0.5) is 0 Å². The maximum Gasteiger partial charge on any atom is 0.273 e. The van der Waals surface area contributed by atoms with Crippen LogP contribution in [-0.2, 0) is 0 Å². The van der Waals surface area contributed by atoms with E-state index in [1.165, 1.54) is 0 Å². The number of aromatic nitrogens is 1. The van der Waals surface area contributed by atoms with Gasteiger partial charge in [0.05, 0.1) is 5.54 Å². The molecule has 1 amide bonds. The first kappa shape index (κ1) is 13.0. The van der Waals surface area contributed by atoms with Gasteiger partial charge in [-0.15, -0.1) is 11.6 Å². The molecule has 0 aromatic carbocycles. The summed E-state index contributed by atoms with van der Waals surface area (Å²) < 4.78 is 4.86. The Morgan fingerprint density at radius 2 is 2.19 bits per heavy atom. The highest BCUT2D eigenvalue weighted by Crippen LogP contribution is 2.17. The lowest BCUT2D eigenvalue weighted by atomic mass is 9.95. The SMILES string of the molecule is CCC(CC)(CCl)NC(=O)c1cc(C)on1. The normalized spacial score (nSPS) is 11.5. The molecule has 0 aliphatic rings. The number of aryl methyl sites for hydroxylation is 1. The maximum absolute atomic E-state index is 11.9. The Bertz CT molecular complexity index is 350. The Hall–Kier alpha value is -1.03. The fourth-order valence-corrected chi connectivity index (χ4v) is 1.87. The molecule has 0 saturated carbocycles. The zero-order chi connectivity index (χ0) is 12.2. The molecule has 16 heavy (non-hydrogen) atoms. The van der Waals surface area contributed by atoms with Crippen LogP contribution in [0.15, 0.2) is 10.6 Å². The van der Waals surface area contributed by atoms with Crippen molar-refractivity contribution in [3.63, 3.8) is 0 Å².